The fourth-order valence-electron chi connectivity index (χ4n) is 3.26. The number of hydrogen-bond donors (Lipinski definition) is 0. The minimum Gasteiger partial charge on any atom is -0.404 e. The summed E-state index contributed by atoms with van der Waals surface area (Å²) >= 11 is 0. The van der Waals surface area contributed by atoms with Crippen molar-refractivity contribution in [3.63, 3.8) is 0 Å². The molecule has 2 rings (SSSR count). The van der Waals surface area contributed by atoms with E-state index in [1.54, 1.807) is 0 Å². The summed E-state index contributed by atoms with van der Waals surface area (Å²) in [5.41, 5.74) is -1.79. The molecule has 0 heterocycles. The van der Waals surface area contributed by atoms with Crippen LogP contribution in [0.5, 0.6) is 11.5 Å². The van der Waals surface area contributed by atoms with Crippen LogP contribution in [0.15, 0.2) is 48.5 Å². The smallest absolute Gasteiger partial charge is 0.404 e. The first-order chi connectivity index (χ1) is 16.4. The number of unbranched alkanes of at least 4 members (excludes halogenated alkanes) is 4. The van der Waals surface area contributed by atoms with Gasteiger partial charge in [-0.2, -0.15) is 31.0 Å². The van der Waals surface area contributed by atoms with E-state index in [1.807, 2.05) is 13.8 Å². The van der Waals surface area contributed by atoms with Crippen LogP contribution in [-0.2, 0) is 16.9 Å². The van der Waals surface area contributed by atoms with Gasteiger partial charge in [-0.1, -0.05) is 39.5 Å². The van der Waals surface area contributed by atoms with E-state index in [1.165, 1.54) is 4.67 Å². The molecule has 0 aromatic heterocycles. The predicted octanol–water partition coefficient (Wildman–Crippen LogP) is 8.97. The molecule has 2 aromatic rings. The first kappa shape index (κ1) is 29.0. The largest absolute Gasteiger partial charge is 0.515 e. The van der Waals surface area contributed by atoms with E-state index < -0.39 is 31.2 Å². The topological polar surface area (TPSA) is 38.8 Å². The second kappa shape index (κ2) is 12.7. The Kier molecular flexibility index (Phi) is 10.5. The van der Waals surface area contributed by atoms with Crippen LogP contribution < -0.4 is 9.05 Å². The number of halogens is 6. The first-order valence-electron chi connectivity index (χ1n) is 11.5. The summed E-state index contributed by atoms with van der Waals surface area (Å²) in [4.78, 5) is 0. The molecule has 0 unspecified atom stereocenters. The third-order valence-electron chi connectivity index (χ3n) is 5.19. The highest BCUT2D eigenvalue weighted by atomic mass is 31.2. The Balaban J connectivity index is 2.38. The van der Waals surface area contributed by atoms with Gasteiger partial charge in [-0.25, -0.2) is 4.57 Å². The van der Waals surface area contributed by atoms with Crippen molar-refractivity contribution >= 4 is 7.75 Å². The zero-order valence-corrected chi connectivity index (χ0v) is 20.6. The number of nitrogens with zero attached hydrogens (tertiary/aromatic N) is 1. The van der Waals surface area contributed by atoms with Crippen LogP contribution in [0.25, 0.3) is 0 Å². The molecule has 0 fully saturated rings. The van der Waals surface area contributed by atoms with E-state index >= 15 is 0 Å². The molecule has 4 nitrogen and oxygen atoms in total. The fourth-order valence-corrected chi connectivity index (χ4v) is 5.07. The summed E-state index contributed by atoms with van der Waals surface area (Å²) in [6.07, 6.45) is -4.30. The molecule has 196 valence electrons. The second-order valence-electron chi connectivity index (χ2n) is 8.06. The fraction of sp³-hybridized carbons (Fsp3) is 0.500. The van der Waals surface area contributed by atoms with Crippen molar-refractivity contribution in [2.24, 2.45) is 0 Å². The lowest BCUT2D eigenvalue weighted by molar-refractivity contribution is -0.138. The molecule has 0 saturated carbocycles. The maximum Gasteiger partial charge on any atom is 0.515 e. The average Bonchev–Trinajstić information content (AvgIpc) is 2.77. The van der Waals surface area contributed by atoms with Crippen molar-refractivity contribution in [1.29, 1.82) is 0 Å². The van der Waals surface area contributed by atoms with Crippen molar-refractivity contribution in [2.75, 3.05) is 13.1 Å². The molecule has 0 spiro atoms. The zero-order valence-electron chi connectivity index (χ0n) is 19.7. The predicted molar refractivity (Wildman–Crippen MR) is 122 cm³/mol. The second-order valence-corrected chi connectivity index (χ2v) is 9.93. The lowest BCUT2D eigenvalue weighted by Crippen LogP contribution is -2.28. The van der Waals surface area contributed by atoms with Gasteiger partial charge >= 0.3 is 20.1 Å². The summed E-state index contributed by atoms with van der Waals surface area (Å²) in [5, 5.41) is 0. The Morgan fingerprint density at radius 2 is 1.00 bits per heavy atom. The van der Waals surface area contributed by atoms with Gasteiger partial charge in [-0.15, -0.1) is 0 Å². The van der Waals surface area contributed by atoms with E-state index in [4.69, 9.17) is 9.05 Å². The highest BCUT2D eigenvalue weighted by Gasteiger charge is 2.38. The van der Waals surface area contributed by atoms with Crippen LogP contribution in [0, 0.1) is 0 Å². The van der Waals surface area contributed by atoms with Crippen molar-refractivity contribution < 1.29 is 40.0 Å². The number of alkyl halides is 6. The van der Waals surface area contributed by atoms with Crippen molar-refractivity contribution in [1.82, 2.24) is 4.67 Å². The van der Waals surface area contributed by atoms with Gasteiger partial charge in [-0.3, -0.25) is 0 Å². The molecule has 35 heavy (non-hydrogen) atoms. The number of benzene rings is 2. The van der Waals surface area contributed by atoms with Crippen LogP contribution in [0.4, 0.5) is 26.3 Å². The first-order valence-corrected chi connectivity index (χ1v) is 13.0. The van der Waals surface area contributed by atoms with Gasteiger partial charge in [0.2, 0.25) is 0 Å². The molecule has 0 aliphatic carbocycles. The maximum atomic E-state index is 14.0. The van der Waals surface area contributed by atoms with Crippen LogP contribution in [-0.4, -0.2) is 17.8 Å². The van der Waals surface area contributed by atoms with Crippen molar-refractivity contribution in [3.8, 4) is 11.5 Å². The Bertz CT molecular complexity index is 872. The van der Waals surface area contributed by atoms with Gasteiger partial charge in [0.25, 0.3) is 0 Å². The Hall–Kier alpha value is -2.19. The molecule has 0 aliphatic heterocycles. The van der Waals surface area contributed by atoms with Crippen LogP contribution in [0.3, 0.4) is 0 Å². The van der Waals surface area contributed by atoms with Gasteiger partial charge in [0.05, 0.1) is 11.1 Å². The molecular weight excluding hydrogens is 495 g/mol. The summed E-state index contributed by atoms with van der Waals surface area (Å²) < 4.78 is 104. The molecule has 11 heteroatoms. The van der Waals surface area contributed by atoms with Gasteiger partial charge in [0.1, 0.15) is 11.5 Å². The Labute approximate surface area is 201 Å². The Morgan fingerprint density at radius 3 is 1.29 bits per heavy atom. The monoisotopic (exact) mass is 525 g/mol. The van der Waals surface area contributed by atoms with Gasteiger partial charge in [0, 0.05) is 13.1 Å². The average molecular weight is 525 g/mol. The molecule has 2 aromatic carbocycles. The van der Waals surface area contributed by atoms with E-state index in [-0.39, 0.29) is 11.5 Å². The van der Waals surface area contributed by atoms with Crippen LogP contribution >= 0.6 is 7.75 Å². The number of hydrogen-bond acceptors (Lipinski definition) is 3. The van der Waals surface area contributed by atoms with Crippen LogP contribution in [0.1, 0.15) is 63.5 Å². The SMILES string of the molecule is CCCCCN(CCCCC)P(=O)(Oc1ccc(C(F)(F)F)cc1)Oc1ccc(C(F)(F)F)cc1. The lowest BCUT2D eigenvalue weighted by Gasteiger charge is -2.30. The third-order valence-corrected chi connectivity index (χ3v) is 7.17. The molecule has 0 N–H and O–H groups in total. The van der Waals surface area contributed by atoms with E-state index in [9.17, 15) is 30.9 Å². The van der Waals surface area contributed by atoms with Gasteiger partial charge < -0.3 is 9.05 Å². The molecule has 0 saturated heterocycles. The molecule has 0 atom stereocenters. The van der Waals surface area contributed by atoms with Crippen LogP contribution in [0.2, 0.25) is 0 Å². The van der Waals surface area contributed by atoms with E-state index in [0.717, 1.165) is 74.2 Å². The lowest BCUT2D eigenvalue weighted by atomic mass is 10.2. The molecule has 0 aliphatic rings. The zero-order chi connectivity index (χ0) is 26.1. The maximum absolute atomic E-state index is 14.0. The summed E-state index contributed by atoms with van der Waals surface area (Å²) in [5.74, 6) is -0.214. The Morgan fingerprint density at radius 1 is 0.657 bits per heavy atom. The highest BCUT2D eigenvalue weighted by Crippen LogP contribution is 2.52. The quantitative estimate of drug-likeness (QED) is 0.149. The minimum absolute atomic E-state index is 0.107. The van der Waals surface area contributed by atoms with Crippen molar-refractivity contribution in [2.45, 2.75) is 64.7 Å². The van der Waals surface area contributed by atoms with E-state index in [0.29, 0.717) is 25.9 Å². The summed E-state index contributed by atoms with van der Waals surface area (Å²) in [6.45, 7) is 4.66. The van der Waals surface area contributed by atoms with Gasteiger partial charge in [0.15, 0.2) is 0 Å². The number of rotatable bonds is 13. The highest BCUT2D eigenvalue weighted by molar-refractivity contribution is 7.52. The molecule has 0 radical (unpaired) electrons. The van der Waals surface area contributed by atoms with E-state index in [2.05, 4.69) is 0 Å². The standard InChI is InChI=1S/C24H30F6NO3P/c1-3-5-7-17-31(18-8-6-4-2)35(32,33-21-13-9-19(10-14-21)23(25,26)27)34-22-15-11-20(12-16-22)24(28,29)30/h9-16H,3-8,17-18H2,1-2H3. The normalized spacial score (nSPS) is 12.7. The molecule has 0 amide bonds. The van der Waals surface area contributed by atoms with Crippen molar-refractivity contribution in [3.05, 3.63) is 59.7 Å². The molecule has 0 bridgehead atoms. The van der Waals surface area contributed by atoms with Gasteiger partial charge in [-0.05, 0) is 61.4 Å². The summed E-state index contributed by atoms with van der Waals surface area (Å²) in [6, 6.07) is 7.38. The third kappa shape index (κ3) is 9.08. The summed E-state index contributed by atoms with van der Waals surface area (Å²) in [7, 11) is -4.19. The molecular formula is C24H30F6NO3P. The minimum atomic E-state index is -4.55.